The number of nitrogens with one attached hydrogen (secondary N) is 2. The zero-order valence-corrected chi connectivity index (χ0v) is 14.3. The molecule has 0 radical (unpaired) electrons. The van der Waals surface area contributed by atoms with E-state index in [-0.39, 0.29) is 23.0 Å². The minimum atomic E-state index is -0.624. The van der Waals surface area contributed by atoms with Gasteiger partial charge in [-0.2, -0.15) is 0 Å². The molecule has 2 heterocycles. The zero-order valence-electron chi connectivity index (χ0n) is 12.8. The van der Waals surface area contributed by atoms with E-state index in [1.807, 2.05) is 6.07 Å². The van der Waals surface area contributed by atoms with Crippen LogP contribution in [-0.2, 0) is 0 Å². The highest BCUT2D eigenvalue weighted by molar-refractivity contribution is 6.34. The van der Waals surface area contributed by atoms with Gasteiger partial charge in [0.15, 0.2) is 0 Å². The van der Waals surface area contributed by atoms with Gasteiger partial charge in [-0.15, -0.1) is 12.4 Å². The number of carbonyl (C=O) groups excluding carboxylic acids is 1. The third-order valence-electron chi connectivity index (χ3n) is 3.67. The second-order valence-electron chi connectivity index (χ2n) is 5.19. The fourth-order valence-corrected chi connectivity index (χ4v) is 2.64. The van der Waals surface area contributed by atoms with Crippen molar-refractivity contribution < 1.29 is 9.18 Å². The van der Waals surface area contributed by atoms with Crippen molar-refractivity contribution in [3.05, 3.63) is 52.9 Å². The van der Waals surface area contributed by atoms with Crippen molar-refractivity contribution in [3.63, 3.8) is 0 Å². The molecule has 0 atom stereocenters. The molecular formula is C16H17Cl2FN4O. The fraction of sp³-hybridized carbons (Fsp3) is 0.250. The number of anilines is 2. The van der Waals surface area contributed by atoms with Crippen molar-refractivity contribution in [3.8, 4) is 0 Å². The number of halogens is 3. The number of hydrogen-bond donors (Lipinski definition) is 2. The summed E-state index contributed by atoms with van der Waals surface area (Å²) in [6.07, 6.45) is 1.72. The number of benzene rings is 1. The van der Waals surface area contributed by atoms with Crippen LogP contribution in [-0.4, -0.2) is 37.1 Å². The zero-order chi connectivity index (χ0) is 16.2. The minimum absolute atomic E-state index is 0. The van der Waals surface area contributed by atoms with Crippen molar-refractivity contribution in [1.82, 2.24) is 10.3 Å². The molecule has 1 saturated heterocycles. The van der Waals surface area contributed by atoms with Gasteiger partial charge in [0, 0.05) is 26.2 Å². The van der Waals surface area contributed by atoms with E-state index in [0.717, 1.165) is 31.9 Å². The molecular weight excluding hydrogens is 354 g/mol. The molecule has 0 bridgehead atoms. The fourth-order valence-electron chi connectivity index (χ4n) is 2.43. The molecule has 8 heteroatoms. The maximum absolute atomic E-state index is 13.4. The molecule has 0 aliphatic carbocycles. The highest BCUT2D eigenvalue weighted by atomic mass is 35.5. The average Bonchev–Trinajstić information content (AvgIpc) is 2.59. The summed E-state index contributed by atoms with van der Waals surface area (Å²) < 4.78 is 13.4. The molecule has 2 aromatic rings. The number of hydrogen-bond acceptors (Lipinski definition) is 4. The lowest BCUT2D eigenvalue weighted by atomic mass is 10.2. The van der Waals surface area contributed by atoms with E-state index in [2.05, 4.69) is 20.5 Å². The molecule has 5 nitrogen and oxygen atoms in total. The van der Waals surface area contributed by atoms with Crippen LogP contribution in [0.3, 0.4) is 0 Å². The smallest absolute Gasteiger partial charge is 0.258 e. The van der Waals surface area contributed by atoms with Crippen molar-refractivity contribution in [2.75, 3.05) is 36.4 Å². The molecule has 1 aliphatic rings. The average molecular weight is 371 g/mol. The van der Waals surface area contributed by atoms with Gasteiger partial charge in [0.25, 0.3) is 5.91 Å². The number of pyridine rings is 1. The standard InChI is InChI=1S/C16H16ClFN4O.ClH/c17-15-12(2-1-3-13(15)18)16(23)21-14-5-4-11(10-20-14)22-8-6-19-7-9-22;/h1-5,10,19H,6-9H2,(H,20,21,23);1H. The third kappa shape index (κ3) is 4.14. The number of piperazine rings is 1. The molecule has 1 aliphatic heterocycles. The van der Waals surface area contributed by atoms with Gasteiger partial charge >= 0.3 is 0 Å². The highest BCUT2D eigenvalue weighted by Gasteiger charge is 2.15. The Morgan fingerprint density at radius 1 is 1.25 bits per heavy atom. The van der Waals surface area contributed by atoms with Crippen LogP contribution >= 0.6 is 24.0 Å². The lowest BCUT2D eigenvalue weighted by Gasteiger charge is -2.29. The predicted octanol–water partition coefficient (Wildman–Crippen LogP) is 2.96. The summed E-state index contributed by atoms with van der Waals surface area (Å²) in [6.45, 7) is 3.73. The Kier molecular flexibility index (Phi) is 6.36. The molecule has 1 fully saturated rings. The molecule has 24 heavy (non-hydrogen) atoms. The Morgan fingerprint density at radius 3 is 2.67 bits per heavy atom. The molecule has 1 aromatic carbocycles. The van der Waals surface area contributed by atoms with Crippen molar-refractivity contribution >= 4 is 41.4 Å². The van der Waals surface area contributed by atoms with E-state index >= 15 is 0 Å². The maximum atomic E-state index is 13.4. The first-order valence-corrected chi connectivity index (χ1v) is 7.70. The van der Waals surface area contributed by atoms with Crippen molar-refractivity contribution in [2.24, 2.45) is 0 Å². The van der Waals surface area contributed by atoms with Crippen LogP contribution in [0, 0.1) is 5.82 Å². The Hall–Kier alpha value is -1.89. The Bertz CT molecular complexity index is 706. The predicted molar refractivity (Wildman–Crippen MR) is 95.9 cm³/mol. The summed E-state index contributed by atoms with van der Waals surface area (Å²) in [5.74, 6) is -0.715. The molecule has 0 spiro atoms. The highest BCUT2D eigenvalue weighted by Crippen LogP contribution is 2.21. The van der Waals surface area contributed by atoms with Gasteiger partial charge in [-0.05, 0) is 24.3 Å². The van der Waals surface area contributed by atoms with Crippen LogP contribution in [0.1, 0.15) is 10.4 Å². The second-order valence-corrected chi connectivity index (χ2v) is 5.57. The molecule has 1 aromatic heterocycles. The summed E-state index contributed by atoms with van der Waals surface area (Å²) in [6, 6.07) is 7.75. The normalized spacial score (nSPS) is 14.0. The van der Waals surface area contributed by atoms with Crippen LogP contribution < -0.4 is 15.5 Å². The largest absolute Gasteiger partial charge is 0.368 e. The van der Waals surface area contributed by atoms with Gasteiger partial charge in [-0.25, -0.2) is 9.37 Å². The summed E-state index contributed by atoms with van der Waals surface area (Å²) in [4.78, 5) is 18.6. The van der Waals surface area contributed by atoms with Gasteiger partial charge in [0.1, 0.15) is 11.6 Å². The number of carbonyl (C=O) groups is 1. The van der Waals surface area contributed by atoms with Gasteiger partial charge < -0.3 is 15.5 Å². The van der Waals surface area contributed by atoms with Crippen LogP contribution in [0.4, 0.5) is 15.9 Å². The quantitative estimate of drug-likeness (QED) is 0.871. The van der Waals surface area contributed by atoms with Crippen LogP contribution in [0.25, 0.3) is 0 Å². The van der Waals surface area contributed by atoms with E-state index in [9.17, 15) is 9.18 Å². The summed E-state index contributed by atoms with van der Waals surface area (Å²) in [7, 11) is 0. The molecule has 128 valence electrons. The lowest BCUT2D eigenvalue weighted by Crippen LogP contribution is -2.43. The topological polar surface area (TPSA) is 57.3 Å². The maximum Gasteiger partial charge on any atom is 0.258 e. The monoisotopic (exact) mass is 370 g/mol. The molecule has 2 N–H and O–H groups in total. The SMILES string of the molecule is Cl.O=C(Nc1ccc(N2CCNCC2)cn1)c1cccc(F)c1Cl. The molecule has 1 amide bonds. The van der Waals surface area contributed by atoms with Gasteiger partial charge in [0.2, 0.25) is 0 Å². The van der Waals surface area contributed by atoms with Crippen molar-refractivity contribution in [1.29, 1.82) is 0 Å². The molecule has 0 unspecified atom stereocenters. The Labute approximate surface area is 150 Å². The van der Waals surface area contributed by atoms with Gasteiger partial charge in [0.05, 0.1) is 22.5 Å². The van der Waals surface area contributed by atoms with Gasteiger partial charge in [-0.3, -0.25) is 4.79 Å². The Morgan fingerprint density at radius 2 is 2.00 bits per heavy atom. The number of aromatic nitrogens is 1. The number of amides is 1. The first kappa shape index (κ1) is 18.4. The van der Waals surface area contributed by atoms with Gasteiger partial charge in [-0.1, -0.05) is 17.7 Å². The molecule has 3 rings (SSSR count). The van der Waals surface area contributed by atoms with Crippen LogP contribution in [0.15, 0.2) is 36.5 Å². The minimum Gasteiger partial charge on any atom is -0.368 e. The van der Waals surface area contributed by atoms with Crippen LogP contribution in [0.5, 0.6) is 0 Å². The van der Waals surface area contributed by atoms with E-state index < -0.39 is 11.7 Å². The van der Waals surface area contributed by atoms with E-state index in [0.29, 0.717) is 5.82 Å². The molecule has 0 saturated carbocycles. The first-order valence-electron chi connectivity index (χ1n) is 7.32. The number of rotatable bonds is 3. The van der Waals surface area contributed by atoms with Crippen molar-refractivity contribution in [2.45, 2.75) is 0 Å². The summed E-state index contributed by atoms with van der Waals surface area (Å²) >= 11 is 5.81. The lowest BCUT2D eigenvalue weighted by molar-refractivity contribution is 0.102. The summed E-state index contributed by atoms with van der Waals surface area (Å²) in [5, 5.41) is 5.72. The first-order chi connectivity index (χ1) is 11.1. The van der Waals surface area contributed by atoms with Crippen LogP contribution in [0.2, 0.25) is 5.02 Å². The number of nitrogens with zero attached hydrogens (tertiary/aromatic N) is 2. The second kappa shape index (κ2) is 8.28. The summed E-state index contributed by atoms with van der Waals surface area (Å²) in [5.41, 5.74) is 1.09. The van der Waals surface area contributed by atoms with E-state index in [4.69, 9.17) is 11.6 Å². The third-order valence-corrected chi connectivity index (χ3v) is 4.05. The van der Waals surface area contributed by atoms with E-state index in [1.54, 1.807) is 12.3 Å². The van der Waals surface area contributed by atoms with E-state index in [1.165, 1.54) is 18.2 Å². The Balaban J connectivity index is 0.00000208.